The lowest BCUT2D eigenvalue weighted by Crippen LogP contribution is -2.65. The number of esters is 6. The largest absolute Gasteiger partial charge is 0.460 e. The molecule has 7 rings (SSSR count). The fourth-order valence-electron chi connectivity index (χ4n) is 8.36. The first kappa shape index (κ1) is 68.2. The summed E-state index contributed by atoms with van der Waals surface area (Å²) in [7, 11) is 0. The standard InChI is InChI=1S/C58H68Br6O20/c1-53(2,59)47(65)73-25-31-17-13-15-19-33(31)75-45-41(83-51(69)57(9,10)63)39(81-49(67)55(5,6)61)37-35(77-45)27-71-43(79-37)29-21-23-30(24-22-29)44-72-28-36-38(80-44)40(82-50(68)56(7,8)62)42(84-52(70)58(11,12)64)46(78-36)76-34-20-16-14-18-32(34)26-74-48(66)54(3,4)60/h13-24,35-46H,25-28H2,1-12H3/t35-,36-,37-,38-,39+,40+,41-,42-,43-,44-,45-,46-/m1/s1. The minimum Gasteiger partial charge on any atom is -0.460 e. The molecular weight excluding hydrogens is 1500 g/mol. The van der Waals surface area contributed by atoms with Crippen molar-refractivity contribution in [3.8, 4) is 11.5 Å². The lowest BCUT2D eigenvalue weighted by molar-refractivity contribution is -0.352. The first-order valence-electron chi connectivity index (χ1n) is 26.7. The van der Waals surface area contributed by atoms with Gasteiger partial charge in [0.15, 0.2) is 24.8 Å². The number of fused-ring (bicyclic) bond motifs is 2. The third-order valence-corrected chi connectivity index (χ3v) is 15.0. The molecule has 4 saturated heterocycles. The van der Waals surface area contributed by atoms with Crippen molar-refractivity contribution in [2.45, 2.75) is 196 Å². The van der Waals surface area contributed by atoms with E-state index in [1.807, 2.05) is 0 Å². The van der Waals surface area contributed by atoms with Crippen LogP contribution in [0.2, 0.25) is 0 Å². The molecule has 3 aromatic rings. The van der Waals surface area contributed by atoms with E-state index in [1.54, 1.807) is 156 Å². The Morgan fingerprint density at radius 2 is 0.690 bits per heavy atom. The Morgan fingerprint density at radius 3 is 0.988 bits per heavy atom. The van der Waals surface area contributed by atoms with E-state index < -0.39 is 136 Å². The van der Waals surface area contributed by atoms with E-state index in [0.29, 0.717) is 22.3 Å². The fourth-order valence-corrected chi connectivity index (χ4v) is 8.96. The van der Waals surface area contributed by atoms with Gasteiger partial charge in [-0.15, -0.1) is 0 Å². The Balaban J connectivity index is 1.15. The zero-order chi connectivity index (χ0) is 62.1. The Labute approximate surface area is 538 Å². The Kier molecular flexibility index (Phi) is 22.1. The maximum absolute atomic E-state index is 13.9. The number of carbonyl (C=O) groups is 6. The van der Waals surface area contributed by atoms with Gasteiger partial charge in [-0.3, -0.25) is 28.8 Å². The molecule has 3 aromatic carbocycles. The van der Waals surface area contributed by atoms with Crippen LogP contribution in [0.1, 0.15) is 118 Å². The molecule has 4 aliphatic heterocycles. The predicted octanol–water partition coefficient (Wildman–Crippen LogP) is 10.9. The van der Waals surface area contributed by atoms with Gasteiger partial charge in [0, 0.05) is 22.3 Å². The Hall–Kier alpha value is -3.28. The van der Waals surface area contributed by atoms with Crippen molar-refractivity contribution in [2.75, 3.05) is 13.2 Å². The maximum Gasteiger partial charge on any atom is 0.322 e. The van der Waals surface area contributed by atoms with Crippen LogP contribution in [0.15, 0.2) is 72.8 Å². The van der Waals surface area contributed by atoms with Gasteiger partial charge < -0.3 is 66.3 Å². The molecule has 12 atom stereocenters. The Bertz CT molecular complexity index is 2660. The molecule has 84 heavy (non-hydrogen) atoms. The normalized spacial score (nSPS) is 26.7. The summed E-state index contributed by atoms with van der Waals surface area (Å²) in [5.41, 5.74) is 1.93. The maximum atomic E-state index is 13.9. The molecule has 4 aliphatic rings. The first-order chi connectivity index (χ1) is 38.9. The van der Waals surface area contributed by atoms with Crippen LogP contribution in [0, 0.1) is 0 Å². The minimum atomic E-state index is -1.44. The van der Waals surface area contributed by atoms with E-state index in [4.69, 9.17) is 66.3 Å². The Morgan fingerprint density at radius 1 is 0.405 bits per heavy atom. The van der Waals surface area contributed by atoms with Crippen LogP contribution in [0.3, 0.4) is 0 Å². The predicted molar refractivity (Wildman–Crippen MR) is 322 cm³/mol. The highest BCUT2D eigenvalue weighted by atomic mass is 79.9. The molecule has 0 unspecified atom stereocenters. The number of carbonyl (C=O) groups excluding carboxylic acids is 6. The molecule has 0 aliphatic carbocycles. The van der Waals surface area contributed by atoms with Gasteiger partial charge in [0.1, 0.15) is 75.1 Å². The second kappa shape index (κ2) is 27.2. The van der Waals surface area contributed by atoms with Crippen LogP contribution in [-0.4, -0.2) is 136 Å². The van der Waals surface area contributed by atoms with E-state index in [9.17, 15) is 28.8 Å². The molecule has 4 fully saturated rings. The van der Waals surface area contributed by atoms with Crippen LogP contribution >= 0.6 is 95.6 Å². The molecule has 462 valence electrons. The lowest BCUT2D eigenvalue weighted by Gasteiger charge is -2.48. The summed E-state index contributed by atoms with van der Waals surface area (Å²) in [5.74, 6) is -3.47. The second-order valence-electron chi connectivity index (χ2n) is 23.2. The number of para-hydroxylation sites is 2. The number of hydrogen-bond donors (Lipinski definition) is 0. The third-order valence-electron chi connectivity index (χ3n) is 13.1. The molecule has 4 heterocycles. The minimum absolute atomic E-state index is 0.118. The molecule has 26 heteroatoms. The quantitative estimate of drug-likeness (QED) is 0.0581. The highest BCUT2D eigenvalue weighted by molar-refractivity contribution is 9.11. The smallest absolute Gasteiger partial charge is 0.322 e. The van der Waals surface area contributed by atoms with Gasteiger partial charge in [0.2, 0.25) is 24.8 Å². The van der Waals surface area contributed by atoms with Gasteiger partial charge in [-0.05, 0) is 95.2 Å². The summed E-state index contributed by atoms with van der Waals surface area (Å²) in [4.78, 5) is 80.8. The van der Waals surface area contributed by atoms with Crippen LogP contribution in [0.5, 0.6) is 11.5 Å². The molecule has 0 N–H and O–H groups in total. The average molecular weight is 1560 g/mol. The van der Waals surface area contributed by atoms with Crippen LogP contribution < -0.4 is 9.47 Å². The van der Waals surface area contributed by atoms with E-state index in [-0.39, 0.29) is 37.9 Å². The van der Waals surface area contributed by atoms with Crippen LogP contribution in [0.4, 0.5) is 0 Å². The van der Waals surface area contributed by atoms with Crippen molar-refractivity contribution >= 4 is 131 Å². The summed E-state index contributed by atoms with van der Waals surface area (Å²) in [6.45, 7) is 18.8. The van der Waals surface area contributed by atoms with Crippen LogP contribution in [0.25, 0.3) is 0 Å². The first-order valence-corrected chi connectivity index (χ1v) is 31.4. The number of rotatable bonds is 20. The van der Waals surface area contributed by atoms with Crippen molar-refractivity contribution in [1.29, 1.82) is 0 Å². The summed E-state index contributed by atoms with van der Waals surface area (Å²) in [5, 5.41) is 0. The third kappa shape index (κ3) is 17.5. The highest BCUT2D eigenvalue weighted by Crippen LogP contribution is 2.43. The van der Waals surface area contributed by atoms with Gasteiger partial charge >= 0.3 is 35.8 Å². The lowest BCUT2D eigenvalue weighted by atomic mass is 9.96. The van der Waals surface area contributed by atoms with Gasteiger partial charge in [0.25, 0.3) is 0 Å². The van der Waals surface area contributed by atoms with Gasteiger partial charge in [-0.25, -0.2) is 0 Å². The molecule has 0 spiro atoms. The summed E-state index contributed by atoms with van der Waals surface area (Å²) in [6.07, 6.45) is -14.8. The molecule has 0 amide bonds. The van der Waals surface area contributed by atoms with Crippen molar-refractivity contribution in [2.24, 2.45) is 0 Å². The molecule has 0 bridgehead atoms. The summed E-state index contributed by atoms with van der Waals surface area (Å²) in [6, 6.07) is 20.4. The van der Waals surface area contributed by atoms with E-state index in [1.165, 1.54) is 0 Å². The topological polar surface area (TPSA) is 232 Å². The van der Waals surface area contributed by atoms with E-state index in [0.717, 1.165) is 0 Å². The molecule has 20 nitrogen and oxygen atoms in total. The highest BCUT2D eigenvalue weighted by Gasteiger charge is 2.58. The number of hydrogen-bond acceptors (Lipinski definition) is 20. The number of halogens is 6. The zero-order valence-corrected chi connectivity index (χ0v) is 57.6. The molecular formula is C58H68Br6O20. The van der Waals surface area contributed by atoms with Gasteiger partial charge in [-0.2, -0.15) is 0 Å². The van der Waals surface area contributed by atoms with Crippen LogP contribution in [-0.2, 0) is 98.8 Å². The van der Waals surface area contributed by atoms with Crippen molar-refractivity contribution in [3.05, 3.63) is 95.1 Å². The van der Waals surface area contributed by atoms with E-state index in [2.05, 4.69) is 95.6 Å². The average Bonchev–Trinajstić information content (AvgIpc) is 1.12. The monoisotopic (exact) mass is 1560 g/mol. The zero-order valence-electron chi connectivity index (χ0n) is 48.1. The molecule has 0 radical (unpaired) electrons. The van der Waals surface area contributed by atoms with E-state index >= 15 is 0 Å². The van der Waals surface area contributed by atoms with Gasteiger partial charge in [0.05, 0.1) is 13.2 Å². The molecule has 0 saturated carbocycles. The van der Waals surface area contributed by atoms with Gasteiger partial charge in [-0.1, -0.05) is 156 Å². The number of ether oxygens (including phenoxy) is 14. The van der Waals surface area contributed by atoms with Crippen molar-refractivity contribution in [1.82, 2.24) is 0 Å². The van der Waals surface area contributed by atoms with Crippen molar-refractivity contribution < 1.29 is 95.1 Å². The van der Waals surface area contributed by atoms with Crippen molar-refractivity contribution in [3.63, 3.8) is 0 Å². The number of alkyl halides is 6. The molecule has 0 aromatic heterocycles. The SMILES string of the molecule is CC(C)(Br)C(=O)OCc1ccccc1O[C@@H]1O[C@@H]2CO[C@@H](c3ccc([C@@H]4OC[C@H]5O[C@@H](Oc6ccccc6COC(=O)C(C)(C)Br)[C@H](OC(=O)C(C)(C)Br)[C@@H](OC(=O)C(C)(C)Br)[C@@H]5O4)cc3)O[C@H]2[C@H](OC(=O)C(C)(C)Br)[C@H]1OC(=O)C(C)(C)Br. The second-order valence-corrected chi connectivity index (χ2v) is 35.1. The fraction of sp³-hybridized carbons (Fsp3) is 0.586. The number of benzene rings is 3. The summed E-state index contributed by atoms with van der Waals surface area (Å²) < 4.78 is 81.1. The summed E-state index contributed by atoms with van der Waals surface area (Å²) >= 11 is 20.2.